The lowest BCUT2D eigenvalue weighted by Crippen LogP contribution is -2.19. The minimum Gasteiger partial charge on any atom is -0.493 e. The molecule has 0 bridgehead atoms. The molecule has 0 saturated heterocycles. The van der Waals surface area contributed by atoms with E-state index in [1.807, 2.05) is 0 Å². The Bertz CT molecular complexity index is 1650. The molecule has 13 heteroatoms. The molecule has 0 unspecified atom stereocenters. The molecule has 2 aromatic heterocycles. The summed E-state index contributed by atoms with van der Waals surface area (Å²) in [5.74, 6) is 1.90. The summed E-state index contributed by atoms with van der Waals surface area (Å²) in [4.78, 5) is 16.9. The number of ether oxygens (including phenoxy) is 5. The van der Waals surface area contributed by atoms with Gasteiger partial charge in [-0.2, -0.15) is 0 Å². The van der Waals surface area contributed by atoms with E-state index in [4.69, 9.17) is 23.7 Å². The number of rotatable bonds is 15. The maximum Gasteiger partial charge on any atom is 0.328 e. The third kappa shape index (κ3) is 7.15. The van der Waals surface area contributed by atoms with Gasteiger partial charge in [0, 0.05) is 97.4 Å². The van der Waals surface area contributed by atoms with Crippen LogP contribution in [-0.2, 0) is 46.2 Å². The molecule has 228 valence electrons. The average molecular weight is 603 g/mol. The summed E-state index contributed by atoms with van der Waals surface area (Å²) in [6.45, 7) is 3.69. The molecule has 0 aliphatic rings. The highest BCUT2D eigenvalue weighted by atomic mass is 32.2. The first-order valence-corrected chi connectivity index (χ1v) is 15.2. The fourth-order valence-electron chi connectivity index (χ4n) is 4.42. The minimum absolute atomic E-state index is 0.0336. The minimum atomic E-state index is -3.85. The summed E-state index contributed by atoms with van der Waals surface area (Å²) >= 11 is 0. The first-order valence-electron chi connectivity index (χ1n) is 13.5. The number of aromatic nitrogens is 4. The summed E-state index contributed by atoms with van der Waals surface area (Å²) in [7, 11) is 4.45. The SMILES string of the molecule is COCCCOc1cc(OCCCOC)cc(Oc2cc3c(cc2CS(=O)(=O)c2cn(C)c(C)n2)n(C)c(=O)n3C)c1. The van der Waals surface area contributed by atoms with Crippen LogP contribution in [0.3, 0.4) is 0 Å². The fraction of sp³-hybridized carbons (Fsp3) is 0.448. The van der Waals surface area contributed by atoms with Crippen molar-refractivity contribution in [3.05, 3.63) is 58.4 Å². The molecule has 0 N–H and O–H groups in total. The molecule has 0 saturated carbocycles. The van der Waals surface area contributed by atoms with Gasteiger partial charge in [0.15, 0.2) is 5.03 Å². The number of hydrogen-bond donors (Lipinski definition) is 0. The van der Waals surface area contributed by atoms with Gasteiger partial charge in [0.05, 0.1) is 30.0 Å². The van der Waals surface area contributed by atoms with Crippen molar-refractivity contribution in [3.63, 3.8) is 0 Å². The molecule has 42 heavy (non-hydrogen) atoms. The molecule has 0 fully saturated rings. The molecule has 12 nitrogen and oxygen atoms in total. The van der Waals surface area contributed by atoms with Gasteiger partial charge in [-0.15, -0.1) is 0 Å². The number of methoxy groups -OCH3 is 2. The Kier molecular flexibility index (Phi) is 9.97. The van der Waals surface area contributed by atoms with Crippen molar-refractivity contribution in [2.45, 2.75) is 30.5 Å². The lowest BCUT2D eigenvalue weighted by atomic mass is 10.2. The first-order chi connectivity index (χ1) is 20.0. The average Bonchev–Trinajstić information content (AvgIpc) is 3.40. The van der Waals surface area contributed by atoms with E-state index in [0.717, 1.165) is 0 Å². The molecule has 4 rings (SSSR count). The molecule has 2 aromatic carbocycles. The Balaban J connectivity index is 1.75. The monoisotopic (exact) mass is 602 g/mol. The van der Waals surface area contributed by atoms with E-state index in [1.165, 1.54) is 15.3 Å². The molecule has 0 radical (unpaired) electrons. The van der Waals surface area contributed by atoms with Crippen LogP contribution in [0.4, 0.5) is 0 Å². The molecule has 0 aliphatic carbocycles. The summed E-state index contributed by atoms with van der Waals surface area (Å²) < 4.78 is 59.9. The van der Waals surface area contributed by atoms with Crippen molar-refractivity contribution in [2.24, 2.45) is 21.1 Å². The van der Waals surface area contributed by atoms with Crippen molar-refractivity contribution in [1.82, 2.24) is 18.7 Å². The standard InChI is InChI=1S/C29H38N4O8S/c1-20-30-28(18-31(20)2)42(35,36)19-21-13-25-26(33(4)29(34)32(25)3)17-27(21)41-24-15-22(39-11-7-9-37-5)14-23(16-24)40-12-8-10-38-6/h13-18H,7-12,19H2,1-6H3. The van der Waals surface area contributed by atoms with Crippen LogP contribution in [0.2, 0.25) is 0 Å². The number of fused-ring (bicyclic) bond motifs is 1. The summed E-state index contributed by atoms with van der Waals surface area (Å²) in [5, 5.41) is -0.0336. The largest absolute Gasteiger partial charge is 0.493 e. The van der Waals surface area contributed by atoms with Crippen LogP contribution in [0.1, 0.15) is 24.2 Å². The lowest BCUT2D eigenvalue weighted by Gasteiger charge is -2.15. The summed E-state index contributed by atoms with van der Waals surface area (Å²) in [6, 6.07) is 8.54. The number of imidazole rings is 2. The van der Waals surface area contributed by atoms with Crippen LogP contribution in [0, 0.1) is 6.92 Å². The molecule has 0 atom stereocenters. The van der Waals surface area contributed by atoms with Crippen LogP contribution in [0.25, 0.3) is 11.0 Å². The number of nitrogens with zero attached hydrogens (tertiary/aromatic N) is 4. The molecular weight excluding hydrogens is 564 g/mol. The van der Waals surface area contributed by atoms with E-state index in [1.54, 1.807) is 77.2 Å². The number of benzene rings is 2. The van der Waals surface area contributed by atoms with Gasteiger partial charge in [0.2, 0.25) is 9.84 Å². The van der Waals surface area contributed by atoms with Gasteiger partial charge in [0.1, 0.15) is 28.8 Å². The molecule has 0 aliphatic heterocycles. The maximum absolute atomic E-state index is 13.5. The molecular formula is C29H38N4O8S. The Morgan fingerprint density at radius 2 is 1.33 bits per heavy atom. The van der Waals surface area contributed by atoms with Crippen LogP contribution >= 0.6 is 0 Å². The lowest BCUT2D eigenvalue weighted by molar-refractivity contribution is 0.169. The van der Waals surface area contributed by atoms with Crippen LogP contribution in [-0.4, -0.2) is 67.8 Å². The van der Waals surface area contributed by atoms with Crippen LogP contribution in [0.5, 0.6) is 23.0 Å². The number of aryl methyl sites for hydroxylation is 4. The highest BCUT2D eigenvalue weighted by Gasteiger charge is 2.24. The number of hydrogen-bond acceptors (Lipinski definition) is 9. The van der Waals surface area contributed by atoms with E-state index < -0.39 is 9.84 Å². The summed E-state index contributed by atoms with van der Waals surface area (Å²) in [5.41, 5.74) is 1.31. The Hall–Kier alpha value is -3.81. The maximum atomic E-state index is 13.5. The van der Waals surface area contributed by atoms with Gasteiger partial charge in [-0.1, -0.05) is 0 Å². The van der Waals surface area contributed by atoms with E-state index in [2.05, 4.69) is 4.98 Å². The van der Waals surface area contributed by atoms with Gasteiger partial charge in [-0.3, -0.25) is 9.13 Å². The van der Waals surface area contributed by atoms with Crippen molar-refractivity contribution in [1.29, 1.82) is 0 Å². The van der Waals surface area contributed by atoms with Crippen molar-refractivity contribution in [3.8, 4) is 23.0 Å². The van der Waals surface area contributed by atoms with Crippen molar-refractivity contribution >= 4 is 20.9 Å². The predicted octanol–water partition coefficient (Wildman–Crippen LogP) is 3.52. The zero-order valence-electron chi connectivity index (χ0n) is 24.9. The third-order valence-corrected chi connectivity index (χ3v) is 8.33. The quantitative estimate of drug-likeness (QED) is 0.188. The molecule has 4 aromatic rings. The Morgan fingerprint density at radius 1 is 0.786 bits per heavy atom. The second-order valence-corrected chi connectivity index (χ2v) is 11.9. The van der Waals surface area contributed by atoms with Gasteiger partial charge >= 0.3 is 5.69 Å². The van der Waals surface area contributed by atoms with E-state index in [-0.39, 0.29) is 22.2 Å². The fourth-order valence-corrected chi connectivity index (χ4v) is 5.79. The highest BCUT2D eigenvalue weighted by molar-refractivity contribution is 7.90. The van der Waals surface area contributed by atoms with Gasteiger partial charge in [0.25, 0.3) is 0 Å². The van der Waals surface area contributed by atoms with E-state index in [9.17, 15) is 13.2 Å². The zero-order valence-corrected chi connectivity index (χ0v) is 25.7. The van der Waals surface area contributed by atoms with Gasteiger partial charge < -0.3 is 28.3 Å². The van der Waals surface area contributed by atoms with Crippen LogP contribution < -0.4 is 19.9 Å². The van der Waals surface area contributed by atoms with E-state index >= 15 is 0 Å². The highest BCUT2D eigenvalue weighted by Crippen LogP contribution is 2.36. The zero-order chi connectivity index (χ0) is 30.4. The second-order valence-electron chi connectivity index (χ2n) is 9.98. The second kappa shape index (κ2) is 13.4. The normalized spacial score (nSPS) is 11.8. The molecule has 2 heterocycles. The number of sulfone groups is 1. The topological polar surface area (TPSA) is 125 Å². The Labute approximate surface area is 245 Å². The summed E-state index contributed by atoms with van der Waals surface area (Å²) in [6.07, 6.45) is 2.87. The van der Waals surface area contributed by atoms with Crippen molar-refractivity contribution < 1.29 is 32.1 Å². The van der Waals surface area contributed by atoms with Crippen molar-refractivity contribution in [2.75, 3.05) is 40.6 Å². The van der Waals surface area contributed by atoms with Crippen LogP contribution in [0.15, 0.2) is 46.3 Å². The van der Waals surface area contributed by atoms with Gasteiger partial charge in [-0.25, -0.2) is 18.2 Å². The van der Waals surface area contributed by atoms with Gasteiger partial charge in [-0.05, 0) is 13.0 Å². The first kappa shape index (κ1) is 31.1. The molecule has 0 spiro atoms. The van der Waals surface area contributed by atoms with E-state index in [0.29, 0.717) is 78.9 Å². The predicted molar refractivity (Wildman–Crippen MR) is 157 cm³/mol. The third-order valence-electron chi connectivity index (χ3n) is 6.81. The Morgan fingerprint density at radius 3 is 1.86 bits per heavy atom. The molecule has 0 amide bonds. The smallest absolute Gasteiger partial charge is 0.328 e.